The third-order valence-corrected chi connectivity index (χ3v) is 3.47. The molecule has 0 saturated heterocycles. The maximum Gasteiger partial charge on any atom is 0.0936 e. The zero-order valence-electron chi connectivity index (χ0n) is 10.6. The summed E-state index contributed by atoms with van der Waals surface area (Å²) in [5.74, 6) is 0.467. The molecule has 3 heteroatoms. The van der Waals surface area contributed by atoms with Crippen molar-refractivity contribution >= 4 is 12.4 Å². The van der Waals surface area contributed by atoms with Crippen molar-refractivity contribution in [3.63, 3.8) is 0 Å². The quantitative estimate of drug-likeness (QED) is 0.875. The predicted octanol–water partition coefficient (Wildman–Crippen LogP) is 2.66. The van der Waals surface area contributed by atoms with E-state index in [1.165, 1.54) is 12.8 Å². The number of hydrogen-bond acceptors (Lipinski definition) is 2. The van der Waals surface area contributed by atoms with E-state index >= 15 is 0 Å². The van der Waals surface area contributed by atoms with Crippen molar-refractivity contribution in [1.82, 2.24) is 4.90 Å². The van der Waals surface area contributed by atoms with Crippen LogP contribution in [0.25, 0.3) is 0 Å². The molecule has 0 heterocycles. The fraction of sp³-hybridized carbons (Fsp3) is 0.571. The van der Waals surface area contributed by atoms with Crippen LogP contribution < -0.4 is 0 Å². The van der Waals surface area contributed by atoms with Gasteiger partial charge in [-0.3, -0.25) is 0 Å². The lowest BCUT2D eigenvalue weighted by molar-refractivity contribution is -0.00150. The molecule has 1 fully saturated rings. The van der Waals surface area contributed by atoms with E-state index in [0.29, 0.717) is 5.92 Å². The van der Waals surface area contributed by atoms with Gasteiger partial charge in [0.15, 0.2) is 0 Å². The molecule has 0 aromatic heterocycles. The number of aliphatic hydroxyl groups is 1. The highest BCUT2D eigenvalue weighted by Crippen LogP contribution is 2.47. The molecule has 1 unspecified atom stereocenters. The molecule has 2 rings (SSSR count). The smallest absolute Gasteiger partial charge is 0.0936 e. The van der Waals surface area contributed by atoms with Crippen molar-refractivity contribution in [2.45, 2.75) is 24.9 Å². The van der Waals surface area contributed by atoms with Gasteiger partial charge in [0.25, 0.3) is 0 Å². The van der Waals surface area contributed by atoms with Gasteiger partial charge in [-0.2, -0.15) is 0 Å². The van der Waals surface area contributed by atoms with Gasteiger partial charge in [-0.05, 0) is 44.8 Å². The number of halogens is 1. The molecule has 0 aliphatic heterocycles. The predicted molar refractivity (Wildman–Crippen MR) is 73.5 cm³/mol. The van der Waals surface area contributed by atoms with E-state index in [2.05, 4.69) is 19.0 Å². The van der Waals surface area contributed by atoms with Gasteiger partial charge in [-0.25, -0.2) is 0 Å². The largest absolute Gasteiger partial charge is 0.385 e. The molecule has 1 aliphatic rings. The maximum atomic E-state index is 10.8. The van der Waals surface area contributed by atoms with E-state index in [0.717, 1.165) is 18.5 Å². The minimum absolute atomic E-state index is 0. The van der Waals surface area contributed by atoms with E-state index in [1.54, 1.807) is 0 Å². The fourth-order valence-electron chi connectivity index (χ4n) is 2.27. The van der Waals surface area contributed by atoms with Crippen molar-refractivity contribution in [2.24, 2.45) is 5.92 Å². The molecule has 2 nitrogen and oxygen atoms in total. The lowest BCUT2D eigenvalue weighted by Gasteiger charge is -2.30. The number of nitrogens with zero attached hydrogens (tertiary/aromatic N) is 1. The molecule has 1 N–H and O–H groups in total. The summed E-state index contributed by atoms with van der Waals surface area (Å²) in [4.78, 5) is 2.14. The standard InChI is InChI=1S/C14H21NO.ClH/c1-15(2)11-10-14(16,13-8-9-13)12-6-4-3-5-7-12;/h3-7,13,16H,8-11H2,1-2H3;1H. The van der Waals surface area contributed by atoms with Crippen molar-refractivity contribution in [3.05, 3.63) is 35.9 Å². The summed E-state index contributed by atoms with van der Waals surface area (Å²) in [5.41, 5.74) is 0.477. The number of rotatable bonds is 5. The molecule has 1 aliphatic carbocycles. The van der Waals surface area contributed by atoms with Gasteiger partial charge in [0.2, 0.25) is 0 Å². The molecule has 0 radical (unpaired) electrons. The van der Waals surface area contributed by atoms with Crippen LogP contribution in [0.1, 0.15) is 24.8 Å². The average Bonchev–Trinajstić information content (AvgIpc) is 3.11. The Hall–Kier alpha value is -0.570. The maximum absolute atomic E-state index is 10.8. The highest BCUT2D eigenvalue weighted by molar-refractivity contribution is 5.85. The van der Waals surface area contributed by atoms with Crippen molar-refractivity contribution < 1.29 is 5.11 Å². The average molecular weight is 256 g/mol. The SMILES string of the molecule is CN(C)CCC(O)(c1ccccc1)C1CC1.Cl. The Morgan fingerprint density at radius 2 is 1.82 bits per heavy atom. The summed E-state index contributed by atoms with van der Waals surface area (Å²) < 4.78 is 0. The third-order valence-electron chi connectivity index (χ3n) is 3.47. The molecule has 1 saturated carbocycles. The fourth-order valence-corrected chi connectivity index (χ4v) is 2.27. The minimum atomic E-state index is -0.606. The van der Waals surface area contributed by atoms with Crippen LogP contribution in [0.5, 0.6) is 0 Å². The zero-order chi connectivity index (χ0) is 11.6. The van der Waals surface area contributed by atoms with Crippen LogP contribution in [-0.2, 0) is 5.60 Å². The monoisotopic (exact) mass is 255 g/mol. The molecule has 1 aromatic carbocycles. The molecule has 96 valence electrons. The Kier molecular flexibility index (Phi) is 4.99. The van der Waals surface area contributed by atoms with Gasteiger partial charge >= 0.3 is 0 Å². The molecule has 1 aromatic rings. The molecule has 0 amide bonds. The first kappa shape index (κ1) is 14.5. The summed E-state index contributed by atoms with van der Waals surface area (Å²) in [6.07, 6.45) is 3.16. The summed E-state index contributed by atoms with van der Waals surface area (Å²) >= 11 is 0. The van der Waals surface area contributed by atoms with Crippen LogP contribution in [0.2, 0.25) is 0 Å². The van der Waals surface area contributed by atoms with E-state index in [4.69, 9.17) is 0 Å². The lowest BCUT2D eigenvalue weighted by atomic mass is 9.85. The second-order valence-electron chi connectivity index (χ2n) is 5.12. The molecular formula is C14H22ClNO. The van der Waals surface area contributed by atoms with E-state index in [1.807, 2.05) is 30.3 Å². The second kappa shape index (κ2) is 5.85. The van der Waals surface area contributed by atoms with Crippen LogP contribution in [0, 0.1) is 5.92 Å². The highest BCUT2D eigenvalue weighted by atomic mass is 35.5. The van der Waals surface area contributed by atoms with E-state index in [-0.39, 0.29) is 12.4 Å². The van der Waals surface area contributed by atoms with Gasteiger partial charge in [-0.1, -0.05) is 30.3 Å². The minimum Gasteiger partial charge on any atom is -0.385 e. The Morgan fingerprint density at radius 3 is 2.29 bits per heavy atom. The first-order chi connectivity index (χ1) is 7.63. The summed E-state index contributed by atoms with van der Waals surface area (Å²) in [6, 6.07) is 10.1. The summed E-state index contributed by atoms with van der Waals surface area (Å²) in [5, 5.41) is 10.8. The second-order valence-corrected chi connectivity index (χ2v) is 5.12. The highest BCUT2D eigenvalue weighted by Gasteiger charge is 2.44. The van der Waals surface area contributed by atoms with Crippen molar-refractivity contribution in [1.29, 1.82) is 0 Å². The van der Waals surface area contributed by atoms with Crippen molar-refractivity contribution in [3.8, 4) is 0 Å². The first-order valence-electron chi connectivity index (χ1n) is 6.05. The Bertz CT molecular complexity index is 337. The van der Waals surface area contributed by atoms with Crippen LogP contribution >= 0.6 is 12.4 Å². The molecule has 0 spiro atoms. The number of hydrogen-bond donors (Lipinski definition) is 1. The van der Waals surface area contributed by atoms with Gasteiger partial charge in [-0.15, -0.1) is 12.4 Å². The van der Waals surface area contributed by atoms with Gasteiger partial charge < -0.3 is 10.0 Å². The van der Waals surface area contributed by atoms with Gasteiger partial charge in [0.05, 0.1) is 5.60 Å². The lowest BCUT2D eigenvalue weighted by Crippen LogP contribution is -2.32. The van der Waals surface area contributed by atoms with Gasteiger partial charge in [0, 0.05) is 6.54 Å². The third kappa shape index (κ3) is 3.44. The topological polar surface area (TPSA) is 23.5 Å². The summed E-state index contributed by atoms with van der Waals surface area (Å²) in [6.45, 7) is 0.932. The van der Waals surface area contributed by atoms with Crippen LogP contribution in [0.15, 0.2) is 30.3 Å². The molecule has 17 heavy (non-hydrogen) atoms. The Labute approximate surface area is 110 Å². The molecule has 1 atom stereocenters. The van der Waals surface area contributed by atoms with Crippen molar-refractivity contribution in [2.75, 3.05) is 20.6 Å². The van der Waals surface area contributed by atoms with Crippen LogP contribution in [0.3, 0.4) is 0 Å². The first-order valence-corrected chi connectivity index (χ1v) is 6.05. The van der Waals surface area contributed by atoms with Crippen LogP contribution in [-0.4, -0.2) is 30.6 Å². The molecular weight excluding hydrogens is 234 g/mol. The van der Waals surface area contributed by atoms with Crippen LogP contribution in [0.4, 0.5) is 0 Å². The molecule has 0 bridgehead atoms. The van der Waals surface area contributed by atoms with E-state index in [9.17, 15) is 5.11 Å². The van der Waals surface area contributed by atoms with E-state index < -0.39 is 5.60 Å². The Balaban J connectivity index is 0.00000144. The number of benzene rings is 1. The normalized spacial score (nSPS) is 18.6. The van der Waals surface area contributed by atoms with Gasteiger partial charge in [0.1, 0.15) is 0 Å². The zero-order valence-corrected chi connectivity index (χ0v) is 11.4. The summed E-state index contributed by atoms with van der Waals surface area (Å²) in [7, 11) is 4.11. The Morgan fingerprint density at radius 1 is 1.24 bits per heavy atom.